The van der Waals surface area contributed by atoms with Gasteiger partial charge in [0.15, 0.2) is 6.61 Å². The summed E-state index contributed by atoms with van der Waals surface area (Å²) < 4.78 is 45.7. The summed E-state index contributed by atoms with van der Waals surface area (Å²) in [6, 6.07) is 2.48. The smallest absolute Gasteiger partial charge is 0.422 e. The van der Waals surface area contributed by atoms with E-state index >= 15 is 0 Å². The van der Waals surface area contributed by atoms with Crippen molar-refractivity contribution < 1.29 is 32.2 Å². The molecule has 2 aromatic heterocycles. The number of pyridine rings is 1. The molecule has 0 saturated carbocycles. The minimum atomic E-state index is -4.47. The summed E-state index contributed by atoms with van der Waals surface area (Å²) in [6.07, 6.45) is -0.823. The number of ether oxygens (including phenoxy) is 2. The molecular weight excluding hydrogens is 385 g/mol. The van der Waals surface area contributed by atoms with E-state index in [1.165, 1.54) is 30.6 Å². The molecule has 3 rings (SSSR count). The number of esters is 1. The number of hydrogen-bond acceptors (Lipinski definition) is 6. The summed E-state index contributed by atoms with van der Waals surface area (Å²) in [7, 11) is 1.27. The molecular formula is C17H15F3N2O4S. The lowest BCUT2D eigenvalue weighted by molar-refractivity contribution is -0.154. The van der Waals surface area contributed by atoms with E-state index in [1.54, 1.807) is 0 Å². The van der Waals surface area contributed by atoms with Crippen molar-refractivity contribution in [3.05, 3.63) is 39.9 Å². The lowest BCUT2D eigenvalue weighted by Gasteiger charge is -2.09. The summed E-state index contributed by atoms with van der Waals surface area (Å²) in [4.78, 5) is 29.2. The van der Waals surface area contributed by atoms with Crippen LogP contribution in [-0.4, -0.2) is 36.8 Å². The molecule has 1 amide bonds. The minimum absolute atomic E-state index is 0.124. The third-order valence-corrected chi connectivity index (χ3v) is 5.13. The summed E-state index contributed by atoms with van der Waals surface area (Å²) in [5, 5.41) is 3.06. The molecule has 0 aliphatic heterocycles. The van der Waals surface area contributed by atoms with Crippen LogP contribution in [0.2, 0.25) is 0 Å². The number of hydrogen-bond donors (Lipinski definition) is 1. The SMILES string of the molecule is COC(=O)c1c(NC(=O)c2ccc(OCC(F)(F)F)nc2)sc2c1CCC2. The van der Waals surface area contributed by atoms with Crippen LogP contribution in [0.4, 0.5) is 18.2 Å². The number of nitrogens with one attached hydrogen (secondary N) is 1. The molecule has 0 fully saturated rings. The van der Waals surface area contributed by atoms with Crippen molar-refractivity contribution in [2.45, 2.75) is 25.4 Å². The Morgan fingerprint density at radius 3 is 2.70 bits per heavy atom. The van der Waals surface area contributed by atoms with E-state index in [4.69, 9.17) is 4.74 Å². The normalized spacial score (nSPS) is 13.2. The molecule has 0 aromatic carbocycles. The molecule has 6 nitrogen and oxygen atoms in total. The largest absolute Gasteiger partial charge is 0.468 e. The van der Waals surface area contributed by atoms with Crippen LogP contribution in [0.15, 0.2) is 18.3 Å². The second kappa shape index (κ2) is 7.55. The van der Waals surface area contributed by atoms with Crippen molar-refractivity contribution >= 4 is 28.2 Å². The first kappa shape index (κ1) is 19.2. The molecule has 0 atom stereocenters. The van der Waals surface area contributed by atoms with Crippen molar-refractivity contribution in [1.29, 1.82) is 0 Å². The number of anilines is 1. The third kappa shape index (κ3) is 4.38. The Kier molecular flexibility index (Phi) is 5.36. The number of aromatic nitrogens is 1. The predicted octanol–water partition coefficient (Wildman–Crippen LogP) is 3.61. The molecule has 1 N–H and O–H groups in total. The number of thiophene rings is 1. The van der Waals surface area contributed by atoms with Gasteiger partial charge in [0.1, 0.15) is 5.00 Å². The summed E-state index contributed by atoms with van der Waals surface area (Å²) in [5.41, 5.74) is 1.39. The van der Waals surface area contributed by atoms with Gasteiger partial charge >= 0.3 is 12.1 Å². The molecule has 0 unspecified atom stereocenters. The van der Waals surface area contributed by atoms with Crippen molar-refractivity contribution in [3.8, 4) is 5.88 Å². The Balaban J connectivity index is 1.73. The van der Waals surface area contributed by atoms with Crippen molar-refractivity contribution in [3.63, 3.8) is 0 Å². The highest BCUT2D eigenvalue weighted by molar-refractivity contribution is 7.17. The lowest BCUT2D eigenvalue weighted by atomic mass is 10.1. The maximum atomic E-state index is 12.4. The predicted molar refractivity (Wildman–Crippen MR) is 91.4 cm³/mol. The zero-order chi connectivity index (χ0) is 19.6. The van der Waals surface area contributed by atoms with Crippen LogP contribution in [0, 0.1) is 0 Å². The molecule has 1 aliphatic carbocycles. The van der Waals surface area contributed by atoms with Gasteiger partial charge in [0.2, 0.25) is 5.88 Å². The Morgan fingerprint density at radius 1 is 1.30 bits per heavy atom. The first-order valence-corrected chi connectivity index (χ1v) is 8.80. The van der Waals surface area contributed by atoms with Crippen LogP contribution in [0.25, 0.3) is 0 Å². The number of halogens is 3. The van der Waals surface area contributed by atoms with Crippen LogP contribution < -0.4 is 10.1 Å². The quantitative estimate of drug-likeness (QED) is 0.776. The zero-order valence-corrected chi connectivity index (χ0v) is 15.0. The molecule has 0 bridgehead atoms. The number of alkyl halides is 3. The Morgan fingerprint density at radius 2 is 2.07 bits per heavy atom. The number of rotatable bonds is 5. The summed E-state index contributed by atoms with van der Waals surface area (Å²) >= 11 is 1.33. The average molecular weight is 400 g/mol. The molecule has 2 heterocycles. The number of aryl methyl sites for hydroxylation is 1. The molecule has 1 aliphatic rings. The van der Waals surface area contributed by atoms with Crippen LogP contribution in [0.3, 0.4) is 0 Å². The van der Waals surface area contributed by atoms with Crippen molar-refractivity contribution in [2.75, 3.05) is 19.0 Å². The van der Waals surface area contributed by atoms with Crippen LogP contribution in [0.5, 0.6) is 5.88 Å². The fourth-order valence-electron chi connectivity index (χ4n) is 2.74. The van der Waals surface area contributed by atoms with E-state index in [9.17, 15) is 22.8 Å². The summed E-state index contributed by atoms with van der Waals surface area (Å²) in [6.45, 7) is -1.46. The van der Waals surface area contributed by atoms with E-state index in [-0.39, 0.29) is 11.4 Å². The van der Waals surface area contributed by atoms with Crippen LogP contribution in [-0.2, 0) is 17.6 Å². The van der Waals surface area contributed by atoms with Gasteiger partial charge in [0.05, 0.1) is 18.2 Å². The average Bonchev–Trinajstić information content (AvgIpc) is 3.19. The monoisotopic (exact) mass is 400 g/mol. The van der Waals surface area contributed by atoms with E-state index in [0.717, 1.165) is 35.9 Å². The van der Waals surface area contributed by atoms with E-state index < -0.39 is 24.7 Å². The van der Waals surface area contributed by atoms with E-state index in [2.05, 4.69) is 15.0 Å². The standard InChI is InChI=1S/C17H15F3N2O4S/c1-25-16(24)13-10-3-2-4-11(10)27-15(13)22-14(23)9-5-6-12(21-7-9)26-8-17(18,19)20/h5-7H,2-4,8H2,1H3,(H,22,23). The second-order valence-electron chi connectivity index (χ2n) is 5.80. The second-order valence-corrected chi connectivity index (χ2v) is 6.90. The van der Waals surface area contributed by atoms with E-state index in [1.807, 2.05) is 0 Å². The minimum Gasteiger partial charge on any atom is -0.468 e. The Labute approximate surface area is 156 Å². The molecule has 0 radical (unpaired) electrons. The maximum absolute atomic E-state index is 12.4. The number of fused-ring (bicyclic) bond motifs is 1. The summed E-state index contributed by atoms with van der Waals surface area (Å²) in [5.74, 6) is -1.29. The molecule has 10 heteroatoms. The highest BCUT2D eigenvalue weighted by Crippen LogP contribution is 2.39. The topological polar surface area (TPSA) is 77.5 Å². The number of nitrogens with zero attached hydrogens (tertiary/aromatic N) is 1. The first-order chi connectivity index (χ1) is 12.8. The molecule has 0 spiro atoms. The van der Waals surface area contributed by atoms with Gasteiger partial charge in [-0.1, -0.05) is 0 Å². The van der Waals surface area contributed by atoms with Crippen molar-refractivity contribution in [1.82, 2.24) is 4.98 Å². The Hall–Kier alpha value is -2.62. The van der Waals surface area contributed by atoms with Crippen LogP contribution in [0.1, 0.15) is 37.6 Å². The highest BCUT2D eigenvalue weighted by atomic mass is 32.1. The third-order valence-electron chi connectivity index (χ3n) is 3.92. The van der Waals surface area contributed by atoms with Gasteiger partial charge < -0.3 is 14.8 Å². The number of methoxy groups -OCH3 is 1. The molecule has 27 heavy (non-hydrogen) atoms. The zero-order valence-electron chi connectivity index (χ0n) is 14.2. The fraction of sp³-hybridized carbons (Fsp3) is 0.353. The highest BCUT2D eigenvalue weighted by Gasteiger charge is 2.29. The molecule has 0 saturated heterocycles. The maximum Gasteiger partial charge on any atom is 0.422 e. The molecule has 144 valence electrons. The van der Waals surface area contributed by atoms with Gasteiger partial charge in [-0.3, -0.25) is 4.79 Å². The van der Waals surface area contributed by atoms with Crippen LogP contribution >= 0.6 is 11.3 Å². The fourth-order valence-corrected chi connectivity index (χ4v) is 4.01. The Bertz CT molecular complexity index is 862. The number of carbonyl (C=O) groups is 2. The number of carbonyl (C=O) groups excluding carboxylic acids is 2. The van der Waals surface area contributed by atoms with E-state index in [0.29, 0.717) is 10.6 Å². The van der Waals surface area contributed by atoms with Gasteiger partial charge in [0.25, 0.3) is 5.91 Å². The number of amides is 1. The van der Waals surface area contributed by atoms with Gasteiger partial charge in [0, 0.05) is 17.1 Å². The van der Waals surface area contributed by atoms with Gasteiger partial charge in [-0.05, 0) is 30.9 Å². The van der Waals surface area contributed by atoms with Gasteiger partial charge in [-0.25, -0.2) is 9.78 Å². The van der Waals surface area contributed by atoms with Crippen molar-refractivity contribution in [2.24, 2.45) is 0 Å². The van der Waals surface area contributed by atoms with Gasteiger partial charge in [-0.15, -0.1) is 11.3 Å². The molecule has 2 aromatic rings. The first-order valence-electron chi connectivity index (χ1n) is 7.98. The van der Waals surface area contributed by atoms with Gasteiger partial charge in [-0.2, -0.15) is 13.2 Å². The lowest BCUT2D eigenvalue weighted by Crippen LogP contribution is -2.20.